The van der Waals surface area contributed by atoms with E-state index in [-0.39, 0.29) is 18.6 Å². The van der Waals surface area contributed by atoms with E-state index >= 15 is 0 Å². The minimum atomic E-state index is -0.745. The van der Waals surface area contributed by atoms with Crippen molar-refractivity contribution in [3.63, 3.8) is 0 Å². The van der Waals surface area contributed by atoms with E-state index in [1.807, 2.05) is 13.8 Å². The Morgan fingerprint density at radius 2 is 1.86 bits per heavy atom. The number of carbonyl (C=O) groups is 1. The summed E-state index contributed by atoms with van der Waals surface area (Å²) in [6.45, 7) is 6.04. The summed E-state index contributed by atoms with van der Waals surface area (Å²) in [5.41, 5.74) is 0. The van der Waals surface area contributed by atoms with Crippen molar-refractivity contribution in [2.75, 3.05) is 0 Å². The Bertz CT molecular complexity index is 378. The smallest absolute Gasteiger partial charge is 0.303 e. The SMILES string of the molecule is CC1CC(CCCCC#CCCCC(=O)O)OC(C)(C)O1. The average molecular weight is 296 g/mol. The van der Waals surface area contributed by atoms with Crippen LogP contribution in [0.4, 0.5) is 0 Å². The highest BCUT2D eigenvalue weighted by Gasteiger charge is 2.32. The molecule has 1 saturated heterocycles. The summed E-state index contributed by atoms with van der Waals surface area (Å²) < 4.78 is 11.6. The van der Waals surface area contributed by atoms with Crippen molar-refractivity contribution < 1.29 is 19.4 Å². The molecule has 21 heavy (non-hydrogen) atoms. The van der Waals surface area contributed by atoms with Gasteiger partial charge in [-0.25, -0.2) is 0 Å². The van der Waals surface area contributed by atoms with Gasteiger partial charge in [-0.15, -0.1) is 11.8 Å². The standard InChI is InChI=1S/C17H28O4/c1-14-13-15(21-17(2,3)20-14)11-9-7-5-4-6-8-10-12-16(18)19/h14-15H,5,7-13H2,1-3H3,(H,18,19). The van der Waals surface area contributed by atoms with Gasteiger partial charge in [-0.3, -0.25) is 4.79 Å². The van der Waals surface area contributed by atoms with E-state index in [1.54, 1.807) is 0 Å². The Balaban J connectivity index is 2.06. The second-order valence-electron chi connectivity index (χ2n) is 6.15. The molecule has 0 radical (unpaired) electrons. The summed E-state index contributed by atoms with van der Waals surface area (Å²) in [7, 11) is 0. The number of carboxylic acids is 1. The average Bonchev–Trinajstić information content (AvgIpc) is 2.34. The lowest BCUT2D eigenvalue weighted by atomic mass is 10.0. The molecule has 0 bridgehead atoms. The number of hydrogen-bond acceptors (Lipinski definition) is 3. The fourth-order valence-corrected chi connectivity index (χ4v) is 2.65. The van der Waals surface area contributed by atoms with E-state index < -0.39 is 11.8 Å². The Labute approximate surface area is 128 Å². The highest BCUT2D eigenvalue weighted by molar-refractivity contribution is 5.66. The number of unbranched alkanes of at least 4 members (excludes halogenated alkanes) is 3. The first kappa shape index (κ1) is 18.0. The highest BCUT2D eigenvalue weighted by atomic mass is 16.7. The van der Waals surface area contributed by atoms with Crippen LogP contribution in [0, 0.1) is 11.8 Å². The van der Waals surface area contributed by atoms with Crippen LogP contribution in [-0.2, 0) is 14.3 Å². The molecular formula is C17H28O4. The van der Waals surface area contributed by atoms with E-state index in [0.717, 1.165) is 32.1 Å². The lowest BCUT2D eigenvalue weighted by Crippen LogP contribution is -2.43. The molecule has 0 aliphatic carbocycles. The molecule has 1 aliphatic rings. The van der Waals surface area contributed by atoms with Gasteiger partial charge in [-0.1, -0.05) is 0 Å². The van der Waals surface area contributed by atoms with Crippen LogP contribution >= 0.6 is 0 Å². The van der Waals surface area contributed by atoms with E-state index in [9.17, 15) is 4.79 Å². The van der Waals surface area contributed by atoms with Crippen LogP contribution in [0.3, 0.4) is 0 Å². The summed E-state index contributed by atoms with van der Waals surface area (Å²) in [6, 6.07) is 0. The van der Waals surface area contributed by atoms with Gasteiger partial charge in [0.2, 0.25) is 0 Å². The molecule has 1 fully saturated rings. The maximum atomic E-state index is 10.3. The molecule has 4 nitrogen and oxygen atoms in total. The van der Waals surface area contributed by atoms with Gasteiger partial charge in [-0.2, -0.15) is 0 Å². The van der Waals surface area contributed by atoms with Gasteiger partial charge in [-0.05, 0) is 52.9 Å². The van der Waals surface area contributed by atoms with Crippen LogP contribution in [-0.4, -0.2) is 29.1 Å². The highest BCUT2D eigenvalue weighted by Crippen LogP contribution is 2.28. The number of rotatable bonds is 7. The molecule has 1 aliphatic heterocycles. The van der Waals surface area contributed by atoms with Crippen LogP contribution in [0.15, 0.2) is 0 Å². The molecular weight excluding hydrogens is 268 g/mol. The van der Waals surface area contributed by atoms with Crippen molar-refractivity contribution in [1.82, 2.24) is 0 Å². The molecule has 1 heterocycles. The molecule has 2 atom stereocenters. The van der Waals surface area contributed by atoms with Gasteiger partial charge >= 0.3 is 5.97 Å². The fraction of sp³-hybridized carbons (Fsp3) is 0.824. The monoisotopic (exact) mass is 296 g/mol. The van der Waals surface area contributed by atoms with Crippen molar-refractivity contribution in [2.45, 2.75) is 90.1 Å². The Kier molecular flexibility index (Phi) is 7.77. The predicted octanol–water partition coefficient (Wildman–Crippen LogP) is 3.74. The number of hydrogen-bond donors (Lipinski definition) is 1. The normalized spacial score (nSPS) is 24.1. The van der Waals surface area contributed by atoms with Crippen molar-refractivity contribution >= 4 is 5.97 Å². The van der Waals surface area contributed by atoms with Crippen LogP contribution in [0.2, 0.25) is 0 Å². The van der Waals surface area contributed by atoms with Crippen molar-refractivity contribution in [3.8, 4) is 11.8 Å². The van der Waals surface area contributed by atoms with Gasteiger partial charge in [0.15, 0.2) is 5.79 Å². The Morgan fingerprint density at radius 1 is 1.19 bits per heavy atom. The van der Waals surface area contributed by atoms with Gasteiger partial charge < -0.3 is 14.6 Å². The first-order valence-corrected chi connectivity index (χ1v) is 7.92. The quantitative estimate of drug-likeness (QED) is 0.574. The van der Waals surface area contributed by atoms with Gasteiger partial charge in [0.05, 0.1) is 12.2 Å². The third-order valence-electron chi connectivity index (χ3n) is 3.43. The summed E-state index contributed by atoms with van der Waals surface area (Å²) in [5.74, 6) is 4.94. The third kappa shape index (κ3) is 8.75. The lowest BCUT2D eigenvalue weighted by Gasteiger charge is -2.39. The fourth-order valence-electron chi connectivity index (χ4n) is 2.65. The lowest BCUT2D eigenvalue weighted by molar-refractivity contribution is -0.296. The first-order valence-electron chi connectivity index (χ1n) is 7.92. The predicted molar refractivity (Wildman–Crippen MR) is 81.8 cm³/mol. The minimum absolute atomic E-state index is 0.212. The number of carboxylic acid groups (broad SMARTS) is 1. The topological polar surface area (TPSA) is 55.8 Å². The molecule has 4 heteroatoms. The number of aliphatic carboxylic acids is 1. The zero-order valence-electron chi connectivity index (χ0n) is 13.5. The molecule has 0 aromatic carbocycles. The largest absolute Gasteiger partial charge is 0.481 e. The molecule has 1 rings (SSSR count). The summed E-state index contributed by atoms with van der Waals surface area (Å²) in [6.07, 6.45) is 7.16. The van der Waals surface area contributed by atoms with Crippen molar-refractivity contribution in [1.29, 1.82) is 0 Å². The zero-order valence-corrected chi connectivity index (χ0v) is 13.5. The first-order chi connectivity index (χ1) is 9.89. The van der Waals surface area contributed by atoms with E-state index in [0.29, 0.717) is 12.8 Å². The minimum Gasteiger partial charge on any atom is -0.481 e. The maximum Gasteiger partial charge on any atom is 0.303 e. The van der Waals surface area contributed by atoms with Gasteiger partial charge in [0.25, 0.3) is 0 Å². The van der Waals surface area contributed by atoms with Gasteiger partial charge in [0, 0.05) is 19.3 Å². The zero-order chi connectivity index (χ0) is 15.7. The molecule has 120 valence electrons. The van der Waals surface area contributed by atoms with E-state index in [2.05, 4.69) is 18.8 Å². The maximum absolute atomic E-state index is 10.3. The summed E-state index contributed by atoms with van der Waals surface area (Å²) >= 11 is 0. The second-order valence-corrected chi connectivity index (χ2v) is 6.15. The van der Waals surface area contributed by atoms with E-state index in [1.165, 1.54) is 0 Å². The third-order valence-corrected chi connectivity index (χ3v) is 3.43. The van der Waals surface area contributed by atoms with Crippen LogP contribution in [0.25, 0.3) is 0 Å². The molecule has 0 spiro atoms. The van der Waals surface area contributed by atoms with Crippen molar-refractivity contribution in [3.05, 3.63) is 0 Å². The Hall–Kier alpha value is -1.05. The molecule has 2 unspecified atom stereocenters. The van der Waals surface area contributed by atoms with Crippen LogP contribution in [0.1, 0.15) is 72.1 Å². The second kappa shape index (κ2) is 9.07. The van der Waals surface area contributed by atoms with E-state index in [4.69, 9.17) is 14.6 Å². The van der Waals surface area contributed by atoms with Crippen LogP contribution in [0.5, 0.6) is 0 Å². The van der Waals surface area contributed by atoms with Gasteiger partial charge in [0.1, 0.15) is 0 Å². The molecule has 0 aromatic heterocycles. The molecule has 0 saturated carbocycles. The number of ether oxygens (including phenoxy) is 2. The molecule has 0 amide bonds. The Morgan fingerprint density at radius 3 is 2.48 bits per heavy atom. The van der Waals surface area contributed by atoms with Crippen LogP contribution < -0.4 is 0 Å². The summed E-state index contributed by atoms with van der Waals surface area (Å²) in [5, 5.41) is 8.50. The van der Waals surface area contributed by atoms with Crippen molar-refractivity contribution in [2.24, 2.45) is 0 Å². The summed E-state index contributed by atoms with van der Waals surface area (Å²) in [4.78, 5) is 10.3. The molecule has 1 N–H and O–H groups in total. The molecule has 0 aromatic rings.